The van der Waals surface area contributed by atoms with Crippen molar-refractivity contribution in [2.24, 2.45) is 5.73 Å². The first-order chi connectivity index (χ1) is 7.72. The van der Waals surface area contributed by atoms with Crippen LogP contribution < -0.4 is 15.2 Å². The molecule has 0 unspecified atom stereocenters. The number of hydrogen-bond acceptors (Lipinski definition) is 3. The molecule has 0 aromatic heterocycles. The maximum Gasteiger partial charge on any atom is 0.179 e. The van der Waals surface area contributed by atoms with Crippen LogP contribution in [0.15, 0.2) is 12.1 Å². The van der Waals surface area contributed by atoms with Crippen LogP contribution in [0.25, 0.3) is 0 Å². The van der Waals surface area contributed by atoms with Gasteiger partial charge in [0.1, 0.15) is 0 Å². The molecule has 16 heavy (non-hydrogen) atoms. The molecule has 4 heteroatoms. The highest BCUT2D eigenvalue weighted by Gasteiger charge is 2.11. The van der Waals surface area contributed by atoms with Crippen LogP contribution in [0.1, 0.15) is 25.3 Å². The lowest BCUT2D eigenvalue weighted by molar-refractivity contribution is 0.288. The third kappa shape index (κ3) is 3.29. The van der Waals surface area contributed by atoms with Gasteiger partial charge in [-0.25, -0.2) is 0 Å². The van der Waals surface area contributed by atoms with E-state index in [9.17, 15) is 0 Å². The zero-order valence-electron chi connectivity index (χ0n) is 9.75. The van der Waals surface area contributed by atoms with Crippen molar-refractivity contribution in [1.29, 1.82) is 0 Å². The normalized spacial score (nSPS) is 10.2. The standard InChI is InChI=1S/C12H18ClNO2/c1-3-4-5-16-12-10(13)6-9(8-14)7-11(12)15-2/h6-7H,3-5,8,14H2,1-2H3. The summed E-state index contributed by atoms with van der Waals surface area (Å²) in [7, 11) is 1.60. The Bertz CT molecular complexity index is 342. The highest BCUT2D eigenvalue weighted by Crippen LogP contribution is 2.36. The quantitative estimate of drug-likeness (QED) is 0.782. The molecule has 1 aromatic carbocycles. The van der Waals surface area contributed by atoms with Gasteiger partial charge in [-0.3, -0.25) is 0 Å². The Balaban J connectivity index is 2.88. The van der Waals surface area contributed by atoms with Crippen LogP contribution in [-0.4, -0.2) is 13.7 Å². The molecule has 2 N–H and O–H groups in total. The Labute approximate surface area is 101 Å². The van der Waals surface area contributed by atoms with Crippen LogP contribution >= 0.6 is 11.6 Å². The largest absolute Gasteiger partial charge is 0.493 e. The number of benzene rings is 1. The highest BCUT2D eigenvalue weighted by molar-refractivity contribution is 6.32. The fourth-order valence-corrected chi connectivity index (χ4v) is 1.64. The topological polar surface area (TPSA) is 44.5 Å². The number of ether oxygens (including phenoxy) is 2. The predicted molar refractivity (Wildman–Crippen MR) is 66.3 cm³/mol. The zero-order valence-corrected chi connectivity index (χ0v) is 10.5. The molecular weight excluding hydrogens is 226 g/mol. The molecule has 0 aliphatic heterocycles. The van der Waals surface area contributed by atoms with Gasteiger partial charge in [0.05, 0.1) is 18.7 Å². The predicted octanol–water partition coefficient (Wildman–Crippen LogP) is 2.99. The molecule has 0 fully saturated rings. The summed E-state index contributed by atoms with van der Waals surface area (Å²) in [6.07, 6.45) is 2.08. The van der Waals surface area contributed by atoms with Crippen molar-refractivity contribution in [2.75, 3.05) is 13.7 Å². The van der Waals surface area contributed by atoms with Gasteiger partial charge in [-0.2, -0.15) is 0 Å². The van der Waals surface area contributed by atoms with Crippen LogP contribution in [0, 0.1) is 0 Å². The Morgan fingerprint density at radius 2 is 2.12 bits per heavy atom. The average molecular weight is 244 g/mol. The third-order valence-corrected chi connectivity index (χ3v) is 2.55. The summed E-state index contributed by atoms with van der Waals surface area (Å²) >= 11 is 6.11. The monoisotopic (exact) mass is 243 g/mol. The van der Waals surface area contributed by atoms with Crippen LogP contribution in [0.4, 0.5) is 0 Å². The number of unbranched alkanes of at least 4 members (excludes halogenated alkanes) is 1. The maximum atomic E-state index is 6.11. The van der Waals surface area contributed by atoms with E-state index in [1.54, 1.807) is 7.11 Å². The Kier molecular flexibility index (Phi) is 5.43. The van der Waals surface area contributed by atoms with Gasteiger partial charge in [-0.05, 0) is 24.1 Å². The Morgan fingerprint density at radius 1 is 1.38 bits per heavy atom. The van der Waals surface area contributed by atoms with E-state index in [-0.39, 0.29) is 0 Å². The minimum atomic E-state index is 0.436. The van der Waals surface area contributed by atoms with Gasteiger partial charge < -0.3 is 15.2 Å². The van der Waals surface area contributed by atoms with E-state index in [0.29, 0.717) is 29.7 Å². The van der Waals surface area contributed by atoms with E-state index in [2.05, 4.69) is 6.92 Å². The molecule has 1 aromatic rings. The number of methoxy groups -OCH3 is 1. The molecule has 0 saturated carbocycles. The summed E-state index contributed by atoms with van der Waals surface area (Å²) < 4.78 is 10.8. The van der Waals surface area contributed by atoms with Crippen molar-refractivity contribution in [1.82, 2.24) is 0 Å². The van der Waals surface area contributed by atoms with E-state index in [0.717, 1.165) is 18.4 Å². The van der Waals surface area contributed by atoms with E-state index in [1.165, 1.54) is 0 Å². The zero-order chi connectivity index (χ0) is 12.0. The lowest BCUT2D eigenvalue weighted by Crippen LogP contribution is -2.02. The molecule has 0 atom stereocenters. The second-order valence-corrected chi connectivity index (χ2v) is 3.92. The minimum absolute atomic E-state index is 0.436. The van der Waals surface area contributed by atoms with Crippen molar-refractivity contribution < 1.29 is 9.47 Å². The van der Waals surface area contributed by atoms with Crippen molar-refractivity contribution in [3.8, 4) is 11.5 Å². The Hall–Kier alpha value is -0.930. The van der Waals surface area contributed by atoms with Crippen molar-refractivity contribution in [3.05, 3.63) is 22.7 Å². The summed E-state index contributed by atoms with van der Waals surface area (Å²) in [5, 5.41) is 0.552. The van der Waals surface area contributed by atoms with Gasteiger partial charge in [0, 0.05) is 6.54 Å². The molecule has 0 spiro atoms. The van der Waals surface area contributed by atoms with E-state index in [1.807, 2.05) is 12.1 Å². The van der Waals surface area contributed by atoms with Crippen LogP contribution in [0.3, 0.4) is 0 Å². The first kappa shape index (κ1) is 13.1. The van der Waals surface area contributed by atoms with Crippen molar-refractivity contribution in [3.63, 3.8) is 0 Å². The molecule has 90 valence electrons. The van der Waals surface area contributed by atoms with E-state index >= 15 is 0 Å². The van der Waals surface area contributed by atoms with Crippen LogP contribution in [0.2, 0.25) is 5.02 Å². The minimum Gasteiger partial charge on any atom is -0.493 e. The SMILES string of the molecule is CCCCOc1c(Cl)cc(CN)cc1OC. The number of rotatable bonds is 6. The molecule has 0 radical (unpaired) electrons. The molecule has 0 saturated heterocycles. The van der Waals surface area contributed by atoms with Gasteiger partial charge in [0.2, 0.25) is 0 Å². The van der Waals surface area contributed by atoms with Crippen molar-refractivity contribution >= 4 is 11.6 Å². The second kappa shape index (κ2) is 6.61. The molecular formula is C12H18ClNO2. The van der Waals surface area contributed by atoms with Gasteiger partial charge >= 0.3 is 0 Å². The summed E-state index contributed by atoms with van der Waals surface area (Å²) in [6.45, 7) is 3.19. The number of nitrogens with two attached hydrogens (primary N) is 1. The van der Waals surface area contributed by atoms with Crippen molar-refractivity contribution in [2.45, 2.75) is 26.3 Å². The number of hydrogen-bond donors (Lipinski definition) is 1. The summed E-state index contributed by atoms with van der Waals surface area (Å²) in [6, 6.07) is 3.67. The average Bonchev–Trinajstić information content (AvgIpc) is 2.30. The van der Waals surface area contributed by atoms with Crippen LogP contribution in [0.5, 0.6) is 11.5 Å². The lowest BCUT2D eigenvalue weighted by atomic mass is 10.2. The summed E-state index contributed by atoms with van der Waals surface area (Å²) in [5.74, 6) is 1.25. The fourth-order valence-electron chi connectivity index (χ4n) is 1.35. The smallest absolute Gasteiger partial charge is 0.179 e. The van der Waals surface area contributed by atoms with E-state index < -0.39 is 0 Å². The second-order valence-electron chi connectivity index (χ2n) is 3.52. The van der Waals surface area contributed by atoms with Gasteiger partial charge in [0.15, 0.2) is 11.5 Å². The first-order valence-electron chi connectivity index (χ1n) is 5.42. The molecule has 0 bridgehead atoms. The highest BCUT2D eigenvalue weighted by atomic mass is 35.5. The van der Waals surface area contributed by atoms with E-state index in [4.69, 9.17) is 26.8 Å². The summed E-state index contributed by atoms with van der Waals surface area (Å²) in [4.78, 5) is 0. The molecule has 1 rings (SSSR count). The number of halogens is 1. The van der Waals surface area contributed by atoms with Gasteiger partial charge in [-0.15, -0.1) is 0 Å². The van der Waals surface area contributed by atoms with Gasteiger partial charge in [-0.1, -0.05) is 24.9 Å². The first-order valence-corrected chi connectivity index (χ1v) is 5.80. The van der Waals surface area contributed by atoms with Gasteiger partial charge in [0.25, 0.3) is 0 Å². The lowest BCUT2D eigenvalue weighted by Gasteiger charge is -2.13. The molecule has 3 nitrogen and oxygen atoms in total. The Morgan fingerprint density at radius 3 is 2.69 bits per heavy atom. The molecule has 0 heterocycles. The fraction of sp³-hybridized carbons (Fsp3) is 0.500. The third-order valence-electron chi connectivity index (χ3n) is 2.27. The summed E-state index contributed by atoms with van der Waals surface area (Å²) in [5.41, 5.74) is 6.49. The molecule has 0 amide bonds. The molecule has 0 aliphatic carbocycles. The van der Waals surface area contributed by atoms with Crippen LogP contribution in [-0.2, 0) is 6.54 Å². The molecule has 0 aliphatic rings. The maximum absolute atomic E-state index is 6.11.